The van der Waals surface area contributed by atoms with Crippen LogP contribution in [0.15, 0.2) is 170 Å². The van der Waals surface area contributed by atoms with Crippen LogP contribution in [0.4, 0.5) is 0 Å². The summed E-state index contributed by atoms with van der Waals surface area (Å²) in [6, 6.07) is 51.3. The number of para-hydroxylation sites is 3. The lowest BCUT2D eigenvalue weighted by Crippen LogP contribution is -2.07. The van der Waals surface area contributed by atoms with Gasteiger partial charge in [0.1, 0.15) is 0 Å². The standard InChI is InChI=1S/C45H31N5/c1-4-14-30(15-5-1)31-24-26-33(27-25-31)44-46-43(32-16-6-2-7-17-32)47-45(48-44)50-40-23-13-11-21-36(40)38-29-28-37-35-20-10-12-22-39(35)49(41(37)42(38)50)34-18-8-3-9-19-34/h1-14,16-30H,15H2. The van der Waals surface area contributed by atoms with Crippen molar-refractivity contribution in [3.63, 3.8) is 0 Å². The zero-order valence-corrected chi connectivity index (χ0v) is 27.2. The SMILES string of the molecule is C1=CCC(c2ccc(-c3nc(-c4ccccc4)nc(-n4c5ccccc5c5ccc6c7ccccc7n(-c7ccccc7)c6c54)n3)cc2)C=C1. The van der Waals surface area contributed by atoms with E-state index in [9.17, 15) is 0 Å². The molecule has 5 heteroatoms. The van der Waals surface area contributed by atoms with Crippen molar-refractivity contribution >= 4 is 43.6 Å². The van der Waals surface area contributed by atoms with Crippen molar-refractivity contribution in [1.82, 2.24) is 24.1 Å². The molecule has 236 valence electrons. The first-order valence-electron chi connectivity index (χ1n) is 17.1. The maximum Gasteiger partial charge on any atom is 0.238 e. The van der Waals surface area contributed by atoms with Crippen molar-refractivity contribution in [3.05, 3.63) is 175 Å². The summed E-state index contributed by atoms with van der Waals surface area (Å²) in [7, 11) is 0. The summed E-state index contributed by atoms with van der Waals surface area (Å²) in [5, 5.41) is 4.68. The first-order chi connectivity index (χ1) is 24.8. The van der Waals surface area contributed by atoms with Crippen LogP contribution in [-0.4, -0.2) is 24.1 Å². The summed E-state index contributed by atoms with van der Waals surface area (Å²) < 4.78 is 4.63. The topological polar surface area (TPSA) is 48.5 Å². The third-order valence-corrected chi connectivity index (χ3v) is 9.92. The number of rotatable bonds is 5. The molecule has 10 rings (SSSR count). The van der Waals surface area contributed by atoms with E-state index < -0.39 is 0 Å². The second-order valence-electron chi connectivity index (χ2n) is 12.8. The number of hydrogen-bond acceptors (Lipinski definition) is 3. The zero-order chi connectivity index (χ0) is 33.0. The van der Waals surface area contributed by atoms with Crippen LogP contribution in [0.2, 0.25) is 0 Å². The van der Waals surface area contributed by atoms with E-state index in [1.807, 2.05) is 18.2 Å². The van der Waals surface area contributed by atoms with Crippen LogP contribution >= 0.6 is 0 Å². The Kier molecular flexibility index (Phi) is 6.56. The monoisotopic (exact) mass is 641 g/mol. The highest BCUT2D eigenvalue weighted by molar-refractivity contribution is 6.23. The van der Waals surface area contributed by atoms with Crippen molar-refractivity contribution in [2.24, 2.45) is 0 Å². The molecule has 0 spiro atoms. The Morgan fingerprint density at radius 2 is 1.02 bits per heavy atom. The summed E-state index contributed by atoms with van der Waals surface area (Å²) >= 11 is 0. The van der Waals surface area contributed by atoms with Gasteiger partial charge in [-0.1, -0.05) is 146 Å². The molecule has 9 aromatic rings. The fourth-order valence-corrected chi connectivity index (χ4v) is 7.57. The average Bonchev–Trinajstić information content (AvgIpc) is 3.72. The van der Waals surface area contributed by atoms with Gasteiger partial charge in [0.25, 0.3) is 0 Å². The van der Waals surface area contributed by atoms with Crippen LogP contribution in [0.25, 0.3) is 78.0 Å². The average molecular weight is 642 g/mol. The summed E-state index contributed by atoms with van der Waals surface area (Å²) in [5.74, 6) is 2.24. The van der Waals surface area contributed by atoms with Crippen molar-refractivity contribution in [2.45, 2.75) is 12.3 Å². The van der Waals surface area contributed by atoms with Gasteiger partial charge in [-0.2, -0.15) is 9.97 Å². The van der Waals surface area contributed by atoms with Gasteiger partial charge >= 0.3 is 0 Å². The van der Waals surface area contributed by atoms with Crippen LogP contribution < -0.4 is 0 Å². The molecule has 6 aromatic carbocycles. The first-order valence-corrected chi connectivity index (χ1v) is 17.1. The molecule has 0 saturated carbocycles. The van der Waals surface area contributed by atoms with Crippen molar-refractivity contribution < 1.29 is 0 Å². The van der Waals surface area contributed by atoms with Gasteiger partial charge in [-0.25, -0.2) is 4.98 Å². The van der Waals surface area contributed by atoms with Gasteiger partial charge in [0.05, 0.1) is 22.1 Å². The summed E-state index contributed by atoms with van der Waals surface area (Å²) in [5.41, 5.74) is 8.66. The van der Waals surface area contributed by atoms with Gasteiger partial charge in [-0.05, 0) is 36.2 Å². The fourth-order valence-electron chi connectivity index (χ4n) is 7.57. The van der Waals surface area contributed by atoms with E-state index in [2.05, 4.69) is 161 Å². The quantitative estimate of drug-likeness (QED) is 0.188. The molecular formula is C45H31N5. The largest absolute Gasteiger partial charge is 0.307 e. The van der Waals surface area contributed by atoms with Crippen LogP contribution in [0.5, 0.6) is 0 Å². The van der Waals surface area contributed by atoms with Gasteiger partial charge in [0.2, 0.25) is 5.95 Å². The first kappa shape index (κ1) is 28.4. The Bertz CT molecular complexity index is 2770. The van der Waals surface area contributed by atoms with Gasteiger partial charge in [0, 0.05) is 44.3 Å². The highest BCUT2D eigenvalue weighted by atomic mass is 15.2. The minimum absolute atomic E-state index is 0.374. The number of fused-ring (bicyclic) bond motifs is 7. The fraction of sp³-hybridized carbons (Fsp3) is 0.0444. The molecule has 1 unspecified atom stereocenters. The molecule has 3 aromatic heterocycles. The van der Waals surface area contributed by atoms with E-state index in [-0.39, 0.29) is 0 Å². The Balaban J connectivity index is 1.29. The predicted octanol–water partition coefficient (Wildman–Crippen LogP) is 11.0. The minimum Gasteiger partial charge on any atom is -0.307 e. The molecule has 0 amide bonds. The molecule has 3 heterocycles. The lowest BCUT2D eigenvalue weighted by atomic mass is 9.92. The van der Waals surface area contributed by atoms with Gasteiger partial charge in [-0.3, -0.25) is 4.57 Å². The smallest absolute Gasteiger partial charge is 0.238 e. The normalized spacial score (nSPS) is 14.4. The van der Waals surface area contributed by atoms with E-state index in [0.29, 0.717) is 23.5 Å². The van der Waals surface area contributed by atoms with Gasteiger partial charge in [0.15, 0.2) is 11.6 Å². The maximum atomic E-state index is 5.28. The Labute approximate surface area is 289 Å². The van der Waals surface area contributed by atoms with E-state index in [1.54, 1.807) is 0 Å². The summed E-state index contributed by atoms with van der Waals surface area (Å²) in [4.78, 5) is 15.6. The van der Waals surface area contributed by atoms with Gasteiger partial charge < -0.3 is 4.57 Å². The molecule has 1 aliphatic rings. The second kappa shape index (κ2) is 11.5. The Morgan fingerprint density at radius 1 is 0.460 bits per heavy atom. The molecule has 1 atom stereocenters. The van der Waals surface area contributed by atoms with E-state index >= 15 is 0 Å². The molecule has 0 N–H and O–H groups in total. The molecule has 50 heavy (non-hydrogen) atoms. The third kappa shape index (κ3) is 4.51. The number of allylic oxidation sites excluding steroid dienone is 4. The van der Waals surface area contributed by atoms with Crippen LogP contribution in [0.1, 0.15) is 17.9 Å². The summed E-state index contributed by atoms with van der Waals surface area (Å²) in [6.45, 7) is 0. The highest BCUT2D eigenvalue weighted by Gasteiger charge is 2.23. The summed E-state index contributed by atoms with van der Waals surface area (Å²) in [6.07, 6.45) is 9.74. The van der Waals surface area contributed by atoms with Crippen LogP contribution in [0.3, 0.4) is 0 Å². The number of nitrogens with zero attached hydrogens (tertiary/aromatic N) is 5. The van der Waals surface area contributed by atoms with E-state index in [0.717, 1.165) is 56.1 Å². The Hall–Kier alpha value is -6.59. The van der Waals surface area contributed by atoms with E-state index in [4.69, 9.17) is 15.0 Å². The van der Waals surface area contributed by atoms with Gasteiger partial charge in [-0.15, -0.1) is 0 Å². The number of aromatic nitrogens is 5. The van der Waals surface area contributed by atoms with E-state index in [1.165, 1.54) is 16.3 Å². The number of benzene rings is 6. The molecule has 0 radical (unpaired) electrons. The molecular weight excluding hydrogens is 611 g/mol. The molecule has 0 aliphatic heterocycles. The Morgan fingerprint density at radius 3 is 1.66 bits per heavy atom. The molecule has 0 fully saturated rings. The predicted molar refractivity (Wildman–Crippen MR) is 205 cm³/mol. The highest BCUT2D eigenvalue weighted by Crippen LogP contribution is 2.41. The number of hydrogen-bond donors (Lipinski definition) is 0. The van der Waals surface area contributed by atoms with Crippen molar-refractivity contribution in [3.8, 4) is 34.4 Å². The van der Waals surface area contributed by atoms with Crippen molar-refractivity contribution in [2.75, 3.05) is 0 Å². The lowest BCUT2D eigenvalue weighted by molar-refractivity contribution is 0.854. The van der Waals surface area contributed by atoms with Crippen LogP contribution in [0, 0.1) is 0 Å². The molecule has 5 nitrogen and oxygen atoms in total. The lowest BCUT2D eigenvalue weighted by Gasteiger charge is -2.15. The second-order valence-corrected chi connectivity index (χ2v) is 12.8. The minimum atomic E-state index is 0.374. The molecule has 1 aliphatic carbocycles. The maximum absolute atomic E-state index is 5.28. The van der Waals surface area contributed by atoms with Crippen LogP contribution in [-0.2, 0) is 0 Å². The molecule has 0 bridgehead atoms. The third-order valence-electron chi connectivity index (χ3n) is 9.92. The van der Waals surface area contributed by atoms with Crippen molar-refractivity contribution in [1.29, 1.82) is 0 Å². The zero-order valence-electron chi connectivity index (χ0n) is 27.2. The molecule has 0 saturated heterocycles.